The first-order valence-electron chi connectivity index (χ1n) is 2.26. The van der Waals surface area contributed by atoms with Crippen LogP contribution in [0.4, 0.5) is 0 Å². The van der Waals surface area contributed by atoms with Crippen LogP contribution in [0.15, 0.2) is 0 Å². The van der Waals surface area contributed by atoms with E-state index in [4.69, 9.17) is 46.4 Å². The van der Waals surface area contributed by atoms with Crippen LogP contribution in [-0.4, -0.2) is 0 Å². The molecule has 0 aromatic heterocycles. The van der Waals surface area contributed by atoms with E-state index in [1.807, 2.05) is 0 Å². The Morgan fingerprint density at radius 1 is 0.800 bits per heavy atom. The van der Waals surface area contributed by atoms with Crippen molar-refractivity contribution in [1.82, 2.24) is 0 Å². The molecule has 0 N–H and O–H groups in total. The molecule has 0 aliphatic rings. The Labute approximate surface area is 78.6 Å². The topological polar surface area (TPSA) is 0 Å². The van der Waals surface area contributed by atoms with E-state index in [-0.39, 0.29) is 20.1 Å². The summed E-state index contributed by atoms with van der Waals surface area (Å²) in [5, 5.41) is 0.901. The Balaban J connectivity index is 3.31. The van der Waals surface area contributed by atoms with Crippen molar-refractivity contribution in [2.45, 2.75) is 0 Å². The summed E-state index contributed by atoms with van der Waals surface area (Å²) in [5.41, 5.74) is 0. The molecule has 0 saturated carbocycles. The Morgan fingerprint density at radius 3 is 1.60 bits per heavy atom. The Kier molecular flexibility index (Phi) is 2.70. The predicted molar refractivity (Wildman–Crippen MR) is 44.2 cm³/mol. The van der Waals surface area contributed by atoms with Crippen LogP contribution in [-0.2, 0) is 0 Å². The first-order valence-corrected chi connectivity index (χ1v) is 3.77. The van der Waals surface area contributed by atoms with Gasteiger partial charge in [0.15, 0.2) is 0 Å². The number of benzene rings is 1. The van der Waals surface area contributed by atoms with Crippen LogP contribution < -0.4 is 0 Å². The van der Waals surface area contributed by atoms with Gasteiger partial charge in [-0.2, -0.15) is 0 Å². The van der Waals surface area contributed by atoms with Gasteiger partial charge < -0.3 is 0 Å². The van der Waals surface area contributed by atoms with Gasteiger partial charge in [-0.25, -0.2) is 0 Å². The standard InChI is InChI=1S/C6Cl4/c7-3-1-4(8)6(10)5(9)2-3. The second kappa shape index (κ2) is 3.19. The summed E-state index contributed by atoms with van der Waals surface area (Å²) in [4.78, 5) is 0. The molecular formula is C6Cl4. The highest BCUT2D eigenvalue weighted by molar-refractivity contribution is 6.48. The molecule has 4 heteroatoms. The molecule has 0 heterocycles. The van der Waals surface area contributed by atoms with Gasteiger partial charge in [-0.1, -0.05) is 46.4 Å². The van der Waals surface area contributed by atoms with Crippen molar-refractivity contribution in [2.75, 3.05) is 0 Å². The van der Waals surface area contributed by atoms with Gasteiger partial charge in [-0.15, -0.1) is 0 Å². The lowest BCUT2D eigenvalue weighted by molar-refractivity contribution is 1.67. The van der Waals surface area contributed by atoms with E-state index >= 15 is 0 Å². The summed E-state index contributed by atoms with van der Waals surface area (Å²) < 4.78 is 0. The molecular weight excluding hydrogens is 214 g/mol. The molecule has 1 rings (SSSR count). The van der Waals surface area contributed by atoms with Crippen LogP contribution in [0, 0.1) is 12.1 Å². The SMILES string of the molecule is Clc1[c]c(Cl)c(Cl)c(Cl)[c]1. The highest BCUT2D eigenvalue weighted by atomic mass is 35.5. The lowest BCUT2D eigenvalue weighted by Crippen LogP contribution is -1.72. The minimum absolute atomic E-state index is 0.218. The molecule has 1 aromatic carbocycles. The maximum Gasteiger partial charge on any atom is 0.0792 e. The summed E-state index contributed by atoms with van der Waals surface area (Å²) in [7, 11) is 0. The lowest BCUT2D eigenvalue weighted by Gasteiger charge is -1.96. The number of hydrogen-bond acceptors (Lipinski definition) is 0. The van der Waals surface area contributed by atoms with Gasteiger partial charge in [-0.3, -0.25) is 0 Å². The molecule has 0 aliphatic carbocycles. The molecule has 0 bridgehead atoms. The fourth-order valence-electron chi connectivity index (χ4n) is 0.430. The molecule has 10 heavy (non-hydrogen) atoms. The first-order chi connectivity index (χ1) is 4.61. The Morgan fingerprint density at radius 2 is 1.20 bits per heavy atom. The van der Waals surface area contributed by atoms with Gasteiger partial charge in [0, 0.05) is 12.1 Å². The smallest absolute Gasteiger partial charge is 0.0792 e. The summed E-state index contributed by atoms with van der Waals surface area (Å²) in [6, 6.07) is 5.08. The predicted octanol–water partition coefficient (Wildman–Crippen LogP) is 3.90. The molecule has 0 atom stereocenters. The normalized spacial score (nSPS) is 10.0. The zero-order valence-corrected chi connectivity index (χ0v) is 7.54. The van der Waals surface area contributed by atoms with E-state index in [1.54, 1.807) is 0 Å². The minimum atomic E-state index is 0.218. The van der Waals surface area contributed by atoms with Gasteiger partial charge in [-0.05, 0) is 0 Å². The van der Waals surface area contributed by atoms with Crippen molar-refractivity contribution in [1.29, 1.82) is 0 Å². The second-order valence-electron chi connectivity index (χ2n) is 1.51. The molecule has 0 amide bonds. The van der Waals surface area contributed by atoms with Gasteiger partial charge >= 0.3 is 0 Å². The third-order valence-electron chi connectivity index (χ3n) is 0.824. The molecule has 1 aromatic rings. The molecule has 52 valence electrons. The molecule has 0 aliphatic heterocycles. The van der Waals surface area contributed by atoms with Crippen molar-refractivity contribution in [3.63, 3.8) is 0 Å². The van der Waals surface area contributed by atoms with Crippen LogP contribution in [0.25, 0.3) is 0 Å². The van der Waals surface area contributed by atoms with Crippen LogP contribution in [0.1, 0.15) is 0 Å². The van der Waals surface area contributed by atoms with Crippen molar-refractivity contribution >= 4 is 46.4 Å². The Hall–Kier alpha value is 0.380. The third kappa shape index (κ3) is 1.70. The van der Waals surface area contributed by atoms with E-state index < -0.39 is 0 Å². The van der Waals surface area contributed by atoms with Gasteiger partial charge in [0.05, 0.1) is 20.1 Å². The largest absolute Gasteiger partial charge is 0.0829 e. The fraction of sp³-hybridized carbons (Fsp3) is 0. The summed E-state index contributed by atoms with van der Waals surface area (Å²) in [6.45, 7) is 0. The van der Waals surface area contributed by atoms with Gasteiger partial charge in [0.1, 0.15) is 0 Å². The lowest BCUT2D eigenvalue weighted by atomic mass is 10.4. The average Bonchev–Trinajstić information content (AvgIpc) is 1.82. The fourth-order valence-corrected chi connectivity index (χ4v) is 1.24. The molecule has 2 radical (unpaired) electrons. The Bertz CT molecular complexity index is 233. The molecule has 0 saturated heterocycles. The number of halogens is 4. The summed E-state index contributed by atoms with van der Waals surface area (Å²) >= 11 is 22.1. The maximum absolute atomic E-state index is 5.56. The molecule has 0 spiro atoms. The van der Waals surface area contributed by atoms with Crippen LogP contribution in [0.5, 0.6) is 0 Å². The van der Waals surface area contributed by atoms with Gasteiger partial charge in [0.25, 0.3) is 0 Å². The zero-order valence-electron chi connectivity index (χ0n) is 4.51. The van der Waals surface area contributed by atoms with Crippen LogP contribution in [0.3, 0.4) is 0 Å². The zero-order chi connectivity index (χ0) is 7.72. The molecule has 0 nitrogen and oxygen atoms in total. The van der Waals surface area contributed by atoms with E-state index in [9.17, 15) is 0 Å². The average molecular weight is 214 g/mol. The van der Waals surface area contributed by atoms with Crippen molar-refractivity contribution in [3.8, 4) is 0 Å². The summed E-state index contributed by atoms with van der Waals surface area (Å²) in [6.07, 6.45) is 0. The van der Waals surface area contributed by atoms with Crippen LogP contribution in [0.2, 0.25) is 20.1 Å². The maximum atomic E-state index is 5.56. The highest BCUT2D eigenvalue weighted by Crippen LogP contribution is 2.31. The first kappa shape index (κ1) is 8.48. The molecule has 0 unspecified atom stereocenters. The quantitative estimate of drug-likeness (QED) is 0.453. The van der Waals surface area contributed by atoms with E-state index in [2.05, 4.69) is 12.1 Å². The van der Waals surface area contributed by atoms with Crippen molar-refractivity contribution in [3.05, 3.63) is 32.2 Å². The molecule has 0 fully saturated rings. The van der Waals surface area contributed by atoms with Crippen molar-refractivity contribution in [2.24, 2.45) is 0 Å². The van der Waals surface area contributed by atoms with E-state index in [0.717, 1.165) is 0 Å². The number of rotatable bonds is 0. The second-order valence-corrected chi connectivity index (χ2v) is 3.02. The number of hydrogen-bond donors (Lipinski definition) is 0. The highest BCUT2D eigenvalue weighted by Gasteiger charge is 2.04. The van der Waals surface area contributed by atoms with E-state index in [0.29, 0.717) is 0 Å². The minimum Gasteiger partial charge on any atom is -0.0829 e. The van der Waals surface area contributed by atoms with Crippen molar-refractivity contribution < 1.29 is 0 Å². The van der Waals surface area contributed by atoms with E-state index in [1.165, 1.54) is 0 Å². The van der Waals surface area contributed by atoms with Crippen LogP contribution >= 0.6 is 46.4 Å². The van der Waals surface area contributed by atoms with Gasteiger partial charge in [0.2, 0.25) is 0 Å². The monoisotopic (exact) mass is 212 g/mol. The summed E-state index contributed by atoms with van der Waals surface area (Å²) in [5.74, 6) is 0. The third-order valence-corrected chi connectivity index (χ3v) is 2.15.